The number of ether oxygens (including phenoxy) is 2. The number of carbonyl (C=O) groups excluding carboxylic acids is 1. The number of carbonyl (C=O) groups is 1. The molecule has 6 nitrogen and oxygen atoms in total. The maximum absolute atomic E-state index is 11.1. The molecule has 0 amide bonds. The first kappa shape index (κ1) is 31.5. The number of methoxy groups -OCH3 is 1. The summed E-state index contributed by atoms with van der Waals surface area (Å²) in [5.41, 5.74) is -0.629. The molecule has 0 aliphatic heterocycles. The van der Waals surface area contributed by atoms with Crippen molar-refractivity contribution in [2.45, 2.75) is 32.4 Å². The fourth-order valence-corrected chi connectivity index (χ4v) is 0.604. The van der Waals surface area contributed by atoms with Crippen molar-refractivity contribution in [3.05, 3.63) is 13.5 Å². The molecular formula is C10H16CuIN2O4Zn. The number of esters is 1. The van der Waals surface area contributed by atoms with E-state index in [0.29, 0.717) is 0 Å². The standard InChI is InChI=1S/C9H16NO4.CN.Cu.HI.Zn/c1-6(7(11)13-5)10-8(12)14-9(2,3)4;1-2;;;/h6H,1H2,2-5H3,(H,10,12);;;1H;/q;;+1;;/p-1/t6-;;;;/m0..../s1. The molecule has 0 rings (SSSR count). The molecular weight excluding hydrogens is 468 g/mol. The molecule has 0 N–H and O–H groups in total. The van der Waals surface area contributed by atoms with Crippen molar-refractivity contribution >= 4 is 36.0 Å². The van der Waals surface area contributed by atoms with Gasteiger partial charge < -0.3 is 14.6 Å². The van der Waals surface area contributed by atoms with Gasteiger partial charge in [0.2, 0.25) is 0 Å². The van der Waals surface area contributed by atoms with Gasteiger partial charge in [-0.25, -0.2) is 4.79 Å². The van der Waals surface area contributed by atoms with E-state index in [-0.39, 0.29) is 60.5 Å². The summed E-state index contributed by atoms with van der Waals surface area (Å²) < 4.78 is 9.19. The Balaban J connectivity index is -0.000000124. The molecule has 0 aromatic heterocycles. The normalized spacial score (nSPS) is 11.0. The Bertz CT molecular complexity index is 282. The van der Waals surface area contributed by atoms with Crippen LogP contribution < -0.4 is 5.11 Å². The Morgan fingerprint density at radius 2 is 1.79 bits per heavy atom. The molecule has 0 aromatic rings. The van der Waals surface area contributed by atoms with Gasteiger partial charge in [-0.1, -0.05) is 20.8 Å². The summed E-state index contributed by atoms with van der Waals surface area (Å²) in [7, 11) is 1.20. The zero-order chi connectivity index (χ0) is 13.4. The predicted molar refractivity (Wildman–Crippen MR) is 69.8 cm³/mol. The van der Waals surface area contributed by atoms with Gasteiger partial charge in [-0.3, -0.25) is 4.99 Å². The molecule has 0 bridgehead atoms. The molecule has 0 unspecified atom stereocenters. The maximum Gasteiger partial charge on any atom is 1.00 e. The van der Waals surface area contributed by atoms with Gasteiger partial charge in [0.15, 0.2) is 6.57 Å². The molecule has 0 aromatic carbocycles. The molecule has 1 atom stereocenters. The number of nitrogens with zero attached hydrogens (tertiary/aromatic N) is 2. The summed E-state index contributed by atoms with van der Waals surface area (Å²) in [5, 5.41) is 17.3. The van der Waals surface area contributed by atoms with Gasteiger partial charge in [0, 0.05) is 25.1 Å². The van der Waals surface area contributed by atoms with Crippen molar-refractivity contribution < 1.29 is 55.9 Å². The monoisotopic (exact) mass is 482 g/mol. The van der Waals surface area contributed by atoms with Crippen LogP contribution in [-0.4, -0.2) is 30.8 Å². The van der Waals surface area contributed by atoms with E-state index in [1.165, 1.54) is 7.11 Å². The van der Waals surface area contributed by atoms with E-state index in [1.54, 1.807) is 20.8 Å². The van der Waals surface area contributed by atoms with Crippen LogP contribution in [0.5, 0.6) is 0 Å². The summed E-state index contributed by atoms with van der Waals surface area (Å²) in [6, 6.07) is -1.07. The van der Waals surface area contributed by atoms with E-state index in [4.69, 9.17) is 16.6 Å². The van der Waals surface area contributed by atoms with E-state index in [2.05, 4.69) is 16.7 Å². The van der Waals surface area contributed by atoms with Gasteiger partial charge in [0.05, 0.1) is 7.11 Å². The molecule has 0 aliphatic carbocycles. The third kappa shape index (κ3) is 20.6. The number of hydrogen-bond donors (Lipinski definition) is 0. The topological polar surface area (TPSA) is 94.7 Å². The second kappa shape index (κ2) is 16.2. The summed E-state index contributed by atoms with van der Waals surface area (Å²) in [6.45, 7) is 13.2. The second-order valence-electron chi connectivity index (χ2n) is 3.65. The molecule has 19 heavy (non-hydrogen) atoms. The van der Waals surface area contributed by atoms with Crippen molar-refractivity contribution in [3.63, 3.8) is 0 Å². The zero-order valence-corrected chi connectivity index (χ0v) is 17.5. The smallest absolute Gasteiger partial charge is 0.595 e. The fourth-order valence-electron chi connectivity index (χ4n) is 0.604. The van der Waals surface area contributed by atoms with Gasteiger partial charge >= 0.3 is 23.0 Å². The van der Waals surface area contributed by atoms with E-state index >= 15 is 0 Å². The van der Waals surface area contributed by atoms with E-state index < -0.39 is 23.7 Å². The number of hydrogen-bond acceptors (Lipinski definition) is 6. The zero-order valence-electron chi connectivity index (χ0n) is 11.2. The van der Waals surface area contributed by atoms with Crippen LogP contribution in [0.4, 0.5) is 0 Å². The Morgan fingerprint density at radius 3 is 2.05 bits per heavy atom. The first-order valence-corrected chi connectivity index (χ1v) is 4.33. The van der Waals surface area contributed by atoms with Crippen molar-refractivity contribution in [3.8, 4) is 0 Å². The number of rotatable bonds is 2. The minimum Gasteiger partial charge on any atom is -0.595 e. The quantitative estimate of drug-likeness (QED) is 0.188. The third-order valence-corrected chi connectivity index (χ3v) is 1.13. The molecule has 0 saturated carbocycles. The summed E-state index contributed by atoms with van der Waals surface area (Å²) in [4.78, 5) is 14.2. The number of halogens is 1. The maximum atomic E-state index is 11.1. The minimum atomic E-state index is -1.07. The average molecular weight is 484 g/mol. The third-order valence-electron chi connectivity index (χ3n) is 1.13. The van der Waals surface area contributed by atoms with Crippen LogP contribution >= 0.6 is 24.0 Å². The van der Waals surface area contributed by atoms with Crippen LogP contribution in [0.1, 0.15) is 20.8 Å². The van der Waals surface area contributed by atoms with Crippen molar-refractivity contribution in [2.24, 2.45) is 4.99 Å². The molecule has 0 fully saturated rings. The molecule has 0 heterocycles. The van der Waals surface area contributed by atoms with Crippen LogP contribution in [0.2, 0.25) is 0 Å². The number of aliphatic imine (C=N–C) groups is 1. The van der Waals surface area contributed by atoms with Gasteiger partial charge in [-0.15, -0.1) is 24.0 Å². The largest absolute Gasteiger partial charge is 1.00 e. The Hall–Kier alpha value is 0.103. The predicted octanol–water partition coefficient (Wildman–Crippen LogP) is 0.603. The van der Waals surface area contributed by atoms with Crippen LogP contribution in [0.25, 0.3) is 0 Å². The van der Waals surface area contributed by atoms with Crippen molar-refractivity contribution in [1.82, 2.24) is 0 Å². The molecule has 110 valence electrons. The minimum absolute atomic E-state index is 0. The Morgan fingerprint density at radius 1 is 1.42 bits per heavy atom. The molecule has 2 radical (unpaired) electrons. The first-order chi connectivity index (χ1) is 7.26. The first-order valence-electron chi connectivity index (χ1n) is 4.33. The molecule has 0 spiro atoms. The second-order valence-corrected chi connectivity index (χ2v) is 3.65. The van der Waals surface area contributed by atoms with Gasteiger partial charge in [0.1, 0.15) is 12.1 Å². The summed E-state index contributed by atoms with van der Waals surface area (Å²) in [5.74, 6) is -0.671. The van der Waals surface area contributed by atoms with Crippen LogP contribution in [0.3, 0.4) is 0 Å². The fraction of sp³-hybridized carbons (Fsp3) is 0.600. The SMILES string of the molecule is I.[CH2][C@H](N=C([O-])OC(C)(C)C)C(=O)OC.[C]#N.[Cu+].[Zn]. The van der Waals surface area contributed by atoms with Crippen molar-refractivity contribution in [1.29, 1.82) is 5.26 Å². The Kier molecular flexibility index (Phi) is 26.8. The van der Waals surface area contributed by atoms with Crippen molar-refractivity contribution in [2.75, 3.05) is 7.11 Å². The average Bonchev–Trinajstić information content (AvgIpc) is 2.16. The van der Waals surface area contributed by atoms with Crippen LogP contribution in [0.15, 0.2) is 4.99 Å². The molecule has 0 aliphatic rings. The van der Waals surface area contributed by atoms with Crippen LogP contribution in [0, 0.1) is 18.8 Å². The van der Waals surface area contributed by atoms with Crippen LogP contribution in [-0.2, 0) is 50.8 Å². The summed E-state index contributed by atoms with van der Waals surface area (Å²) >= 11 is 0. The van der Waals surface area contributed by atoms with Gasteiger partial charge in [-0.2, -0.15) is 5.26 Å². The summed E-state index contributed by atoms with van der Waals surface area (Å²) in [6.07, 6.45) is -0.817. The van der Waals surface area contributed by atoms with Gasteiger partial charge in [-0.05, 0) is 6.92 Å². The molecule has 9 heteroatoms. The Labute approximate surface area is 154 Å². The van der Waals surface area contributed by atoms with Gasteiger partial charge in [0.25, 0.3) is 0 Å². The molecule has 0 saturated heterocycles. The van der Waals surface area contributed by atoms with E-state index in [1.807, 2.05) is 0 Å². The van der Waals surface area contributed by atoms with E-state index in [9.17, 15) is 9.90 Å². The van der Waals surface area contributed by atoms with E-state index in [0.717, 1.165) is 0 Å².